The van der Waals surface area contributed by atoms with E-state index in [2.05, 4.69) is 26.0 Å². The van der Waals surface area contributed by atoms with Crippen molar-refractivity contribution in [3.05, 3.63) is 34.8 Å². The molecule has 1 aromatic heterocycles. The van der Waals surface area contributed by atoms with E-state index in [1.54, 1.807) is 12.1 Å². The molecule has 0 radical (unpaired) electrons. The number of nitrogens with zero attached hydrogens (tertiary/aromatic N) is 3. The van der Waals surface area contributed by atoms with E-state index in [9.17, 15) is 9.59 Å². The Morgan fingerprint density at radius 3 is 2.70 bits per heavy atom. The molecule has 8 nitrogen and oxygen atoms in total. The Morgan fingerprint density at radius 1 is 1.26 bits per heavy atom. The summed E-state index contributed by atoms with van der Waals surface area (Å²) in [6.07, 6.45) is 1.44. The lowest BCUT2D eigenvalue weighted by Gasteiger charge is -1.97. The third kappa shape index (κ3) is 5.64. The van der Waals surface area contributed by atoms with E-state index in [1.807, 2.05) is 0 Å². The fraction of sp³-hybridized carbons (Fsp3) is 0.154. The van der Waals surface area contributed by atoms with Crippen LogP contribution >= 0.6 is 22.9 Å². The van der Waals surface area contributed by atoms with Crippen LogP contribution in [-0.2, 0) is 16.0 Å². The third-order valence-electron chi connectivity index (χ3n) is 2.44. The number of aromatic hydroxyl groups is 1. The Morgan fingerprint density at radius 2 is 2.00 bits per heavy atom. The number of phenols is 1. The maximum absolute atomic E-state index is 11.7. The number of carbonyl (C=O) groups excluding carboxylic acids is 2. The molecule has 2 aromatic rings. The molecule has 1 aromatic carbocycles. The lowest BCUT2D eigenvalue weighted by atomic mass is 10.2. The molecule has 0 spiro atoms. The number of rotatable bonds is 6. The van der Waals surface area contributed by atoms with E-state index in [0.29, 0.717) is 5.01 Å². The van der Waals surface area contributed by atoms with E-state index in [0.717, 1.165) is 16.9 Å². The molecule has 0 aliphatic carbocycles. The Kier molecular flexibility index (Phi) is 6.01. The summed E-state index contributed by atoms with van der Waals surface area (Å²) in [6.45, 7) is 0. The number of hydrogen-bond acceptors (Lipinski definition) is 7. The maximum Gasteiger partial charge on any atom is 0.247 e. The highest BCUT2D eigenvalue weighted by molar-refractivity contribution is 7.15. The monoisotopic (exact) mass is 353 g/mol. The summed E-state index contributed by atoms with van der Waals surface area (Å²) in [5.41, 5.74) is 3.08. The van der Waals surface area contributed by atoms with Gasteiger partial charge in [0.15, 0.2) is 0 Å². The topological polar surface area (TPSA) is 117 Å². The molecule has 0 aliphatic heterocycles. The number of alkyl halides is 1. The molecular formula is C13H12ClN5O3S. The Hall–Kier alpha value is -2.52. The summed E-state index contributed by atoms with van der Waals surface area (Å²) >= 11 is 6.44. The predicted molar refractivity (Wildman–Crippen MR) is 86.8 cm³/mol. The Balaban J connectivity index is 1.82. The van der Waals surface area contributed by atoms with Gasteiger partial charge in [-0.15, -0.1) is 21.8 Å². The summed E-state index contributed by atoms with van der Waals surface area (Å²) in [7, 11) is 0. The first-order valence-electron chi connectivity index (χ1n) is 6.36. The summed E-state index contributed by atoms with van der Waals surface area (Å²) in [4.78, 5) is 22.8. The van der Waals surface area contributed by atoms with Crippen molar-refractivity contribution in [1.29, 1.82) is 0 Å². The van der Waals surface area contributed by atoms with E-state index in [4.69, 9.17) is 16.7 Å². The maximum atomic E-state index is 11.7. The average molecular weight is 354 g/mol. The highest BCUT2D eigenvalue weighted by Crippen LogP contribution is 2.15. The lowest BCUT2D eigenvalue weighted by molar-refractivity contribution is -0.120. The molecule has 10 heteroatoms. The number of nitrogens with one attached hydrogen (secondary N) is 2. The number of hydrogen-bond donors (Lipinski definition) is 3. The van der Waals surface area contributed by atoms with Gasteiger partial charge in [-0.2, -0.15) is 5.10 Å². The minimum absolute atomic E-state index is 0.0126. The summed E-state index contributed by atoms with van der Waals surface area (Å²) in [5.74, 6) is -0.787. The van der Waals surface area contributed by atoms with Crippen molar-refractivity contribution in [2.45, 2.75) is 6.42 Å². The van der Waals surface area contributed by atoms with Gasteiger partial charge in [-0.25, -0.2) is 5.43 Å². The zero-order valence-electron chi connectivity index (χ0n) is 11.7. The third-order valence-corrected chi connectivity index (χ3v) is 3.52. The molecule has 3 N–H and O–H groups in total. The van der Waals surface area contributed by atoms with E-state index in [1.165, 1.54) is 18.3 Å². The zero-order valence-corrected chi connectivity index (χ0v) is 13.3. The number of benzene rings is 1. The van der Waals surface area contributed by atoms with Crippen LogP contribution in [0.5, 0.6) is 5.75 Å². The van der Waals surface area contributed by atoms with Crippen LogP contribution in [0.3, 0.4) is 0 Å². The summed E-state index contributed by atoms with van der Waals surface area (Å²) in [5, 5.41) is 23.6. The van der Waals surface area contributed by atoms with Crippen molar-refractivity contribution < 1.29 is 14.7 Å². The first-order valence-corrected chi connectivity index (χ1v) is 7.71. The van der Waals surface area contributed by atoms with Gasteiger partial charge in [-0.1, -0.05) is 11.3 Å². The van der Waals surface area contributed by atoms with Gasteiger partial charge in [-0.05, 0) is 29.8 Å². The summed E-state index contributed by atoms with van der Waals surface area (Å²) < 4.78 is 0. The second-order valence-electron chi connectivity index (χ2n) is 4.24. The predicted octanol–water partition coefficient (Wildman–Crippen LogP) is 1.11. The molecule has 0 bridgehead atoms. The molecule has 2 rings (SSSR count). The smallest absolute Gasteiger partial charge is 0.247 e. The molecule has 1 heterocycles. The van der Waals surface area contributed by atoms with Crippen molar-refractivity contribution in [1.82, 2.24) is 15.6 Å². The Labute approximate surface area is 140 Å². The molecule has 2 amide bonds. The molecule has 0 saturated carbocycles. The molecule has 0 atom stereocenters. The van der Waals surface area contributed by atoms with Crippen molar-refractivity contribution in [2.24, 2.45) is 5.10 Å². The molecular weight excluding hydrogens is 342 g/mol. The van der Waals surface area contributed by atoms with Crippen LogP contribution in [-0.4, -0.2) is 39.2 Å². The van der Waals surface area contributed by atoms with E-state index >= 15 is 0 Å². The van der Waals surface area contributed by atoms with Gasteiger partial charge < -0.3 is 5.11 Å². The lowest BCUT2D eigenvalue weighted by Crippen LogP contribution is -2.19. The van der Waals surface area contributed by atoms with Crippen molar-refractivity contribution in [3.8, 4) is 5.75 Å². The second-order valence-corrected chi connectivity index (χ2v) is 5.57. The van der Waals surface area contributed by atoms with Crippen molar-refractivity contribution in [2.75, 3.05) is 11.2 Å². The van der Waals surface area contributed by atoms with Crippen LogP contribution in [0.25, 0.3) is 0 Å². The second kappa shape index (κ2) is 8.20. The highest BCUT2D eigenvalue weighted by Gasteiger charge is 2.10. The zero-order chi connectivity index (χ0) is 16.7. The van der Waals surface area contributed by atoms with Gasteiger partial charge in [0.2, 0.25) is 16.9 Å². The number of carbonyl (C=O) groups is 2. The molecule has 23 heavy (non-hydrogen) atoms. The highest BCUT2D eigenvalue weighted by atomic mass is 35.5. The molecule has 0 saturated heterocycles. The number of amides is 2. The van der Waals surface area contributed by atoms with E-state index in [-0.39, 0.29) is 29.1 Å². The van der Waals surface area contributed by atoms with Gasteiger partial charge >= 0.3 is 0 Å². The van der Waals surface area contributed by atoms with Crippen molar-refractivity contribution >= 4 is 46.1 Å². The summed E-state index contributed by atoms with van der Waals surface area (Å²) in [6, 6.07) is 6.34. The van der Waals surface area contributed by atoms with Gasteiger partial charge in [0.05, 0.1) is 12.6 Å². The number of anilines is 1. The van der Waals surface area contributed by atoms with Gasteiger partial charge in [-0.3, -0.25) is 14.9 Å². The normalized spacial score (nSPS) is 10.7. The minimum Gasteiger partial charge on any atom is -0.508 e. The fourth-order valence-electron chi connectivity index (χ4n) is 1.44. The largest absolute Gasteiger partial charge is 0.508 e. The number of halogens is 1. The SMILES string of the molecule is O=C(Cc1nnc(NC(=O)CCl)s1)N/N=C\c1ccc(O)cc1. The number of hydrazone groups is 1. The van der Waals surface area contributed by atoms with Crippen LogP contribution in [0.2, 0.25) is 0 Å². The minimum atomic E-state index is -0.391. The van der Waals surface area contributed by atoms with Crippen LogP contribution in [0.1, 0.15) is 10.6 Å². The van der Waals surface area contributed by atoms with E-state index < -0.39 is 5.91 Å². The fourth-order valence-corrected chi connectivity index (χ4v) is 2.27. The number of phenolic OH excluding ortho intramolecular Hbond substituents is 1. The van der Waals surface area contributed by atoms with Crippen LogP contribution in [0, 0.1) is 0 Å². The molecule has 120 valence electrons. The molecule has 0 unspecified atom stereocenters. The number of aromatic nitrogens is 2. The van der Waals surface area contributed by atoms with Crippen LogP contribution < -0.4 is 10.7 Å². The average Bonchev–Trinajstić information content (AvgIpc) is 2.96. The Bertz CT molecular complexity index is 717. The van der Waals surface area contributed by atoms with Crippen molar-refractivity contribution in [3.63, 3.8) is 0 Å². The first-order chi connectivity index (χ1) is 11.1. The van der Waals surface area contributed by atoms with Gasteiger partial charge in [0.25, 0.3) is 0 Å². The first kappa shape index (κ1) is 16.8. The molecule has 0 aliphatic rings. The molecule has 0 fully saturated rings. The van der Waals surface area contributed by atoms with Gasteiger partial charge in [0.1, 0.15) is 16.6 Å². The van der Waals surface area contributed by atoms with Gasteiger partial charge in [0, 0.05) is 0 Å². The van der Waals surface area contributed by atoms with Crippen LogP contribution in [0.15, 0.2) is 29.4 Å². The van der Waals surface area contributed by atoms with Crippen LogP contribution in [0.4, 0.5) is 5.13 Å². The quantitative estimate of drug-likeness (QED) is 0.408. The standard InChI is InChI=1S/C13H12ClN5O3S/c14-6-11(22)16-13-19-18-12(23-13)5-10(21)17-15-7-8-1-3-9(20)4-2-8/h1-4,7,20H,5-6H2,(H,17,21)(H,16,19,22)/b15-7-.